The highest BCUT2D eigenvalue weighted by Gasteiger charge is 2.18. The van der Waals surface area contributed by atoms with Crippen molar-refractivity contribution in [2.75, 3.05) is 11.9 Å². The summed E-state index contributed by atoms with van der Waals surface area (Å²) < 4.78 is 1.75. The summed E-state index contributed by atoms with van der Waals surface area (Å²) in [7, 11) is 0. The molecule has 0 radical (unpaired) electrons. The van der Waals surface area contributed by atoms with Crippen LogP contribution in [-0.2, 0) is 6.54 Å². The van der Waals surface area contributed by atoms with E-state index in [1.165, 1.54) is 25.7 Å². The van der Waals surface area contributed by atoms with Crippen LogP contribution in [0, 0.1) is 17.8 Å². The van der Waals surface area contributed by atoms with E-state index in [0.717, 1.165) is 19.0 Å². The van der Waals surface area contributed by atoms with Crippen LogP contribution in [0.1, 0.15) is 46.5 Å². The molecule has 1 aliphatic rings. The van der Waals surface area contributed by atoms with Crippen LogP contribution in [-0.4, -0.2) is 16.1 Å². The molecule has 1 aromatic rings. The molecule has 0 spiro atoms. The van der Waals surface area contributed by atoms with Crippen LogP contribution in [0.25, 0.3) is 0 Å². The van der Waals surface area contributed by atoms with E-state index in [1.54, 1.807) is 17.0 Å². The molecule has 1 aromatic heterocycles. The second-order valence-corrected chi connectivity index (χ2v) is 6.63. The Bertz CT molecular complexity index is 473. The van der Waals surface area contributed by atoms with E-state index in [4.69, 9.17) is 0 Å². The van der Waals surface area contributed by atoms with Crippen LogP contribution in [0.15, 0.2) is 17.2 Å². The summed E-state index contributed by atoms with van der Waals surface area (Å²) in [6.07, 6.45) is 8.64. The molecule has 0 aliphatic heterocycles. The predicted octanol–water partition coefficient (Wildman–Crippen LogP) is 3.14. The first-order valence-corrected chi connectivity index (χ1v) is 7.85. The second kappa shape index (κ2) is 6.91. The van der Waals surface area contributed by atoms with Crippen LogP contribution in [0.5, 0.6) is 0 Å². The van der Waals surface area contributed by atoms with Gasteiger partial charge in [-0.25, -0.2) is 4.98 Å². The molecule has 1 saturated carbocycles. The number of rotatable bonds is 5. The molecule has 0 aromatic carbocycles. The van der Waals surface area contributed by atoms with Crippen molar-refractivity contribution >= 4 is 5.82 Å². The maximum absolute atomic E-state index is 12.3. The first kappa shape index (κ1) is 15.1. The van der Waals surface area contributed by atoms with Crippen LogP contribution in [0.4, 0.5) is 5.82 Å². The van der Waals surface area contributed by atoms with E-state index in [9.17, 15) is 4.79 Å². The number of nitrogens with zero attached hydrogens (tertiary/aromatic N) is 2. The third-order valence-corrected chi connectivity index (χ3v) is 4.17. The number of anilines is 1. The van der Waals surface area contributed by atoms with Crippen LogP contribution < -0.4 is 10.9 Å². The van der Waals surface area contributed by atoms with E-state index in [0.29, 0.717) is 17.7 Å². The first-order chi connectivity index (χ1) is 9.56. The van der Waals surface area contributed by atoms with Gasteiger partial charge in [0.2, 0.25) is 0 Å². The number of aromatic nitrogens is 2. The fourth-order valence-electron chi connectivity index (χ4n) is 2.88. The predicted molar refractivity (Wildman–Crippen MR) is 82.9 cm³/mol. The zero-order chi connectivity index (χ0) is 14.5. The normalized spacial score (nSPS) is 23.0. The molecule has 0 bridgehead atoms. The molecule has 1 heterocycles. The summed E-state index contributed by atoms with van der Waals surface area (Å²) in [5.41, 5.74) is 0.00498. The molecule has 1 N–H and O–H groups in total. The Hall–Kier alpha value is -1.32. The molecule has 0 unspecified atom stereocenters. The third kappa shape index (κ3) is 4.09. The Morgan fingerprint density at radius 3 is 2.70 bits per heavy atom. The van der Waals surface area contributed by atoms with Gasteiger partial charge in [-0.15, -0.1) is 0 Å². The fourth-order valence-corrected chi connectivity index (χ4v) is 2.88. The van der Waals surface area contributed by atoms with Gasteiger partial charge in [0.25, 0.3) is 5.56 Å². The molecular formula is C16H27N3O. The van der Waals surface area contributed by atoms with Gasteiger partial charge in [0.15, 0.2) is 5.82 Å². The summed E-state index contributed by atoms with van der Waals surface area (Å²) in [6, 6.07) is 0. The summed E-state index contributed by atoms with van der Waals surface area (Å²) >= 11 is 0. The molecule has 2 rings (SSSR count). The van der Waals surface area contributed by atoms with E-state index >= 15 is 0 Å². The molecule has 1 fully saturated rings. The quantitative estimate of drug-likeness (QED) is 0.899. The highest BCUT2D eigenvalue weighted by atomic mass is 16.1. The molecule has 1 aliphatic carbocycles. The Kier molecular flexibility index (Phi) is 5.21. The Balaban J connectivity index is 1.94. The Morgan fingerprint density at radius 1 is 1.35 bits per heavy atom. The van der Waals surface area contributed by atoms with Gasteiger partial charge in [-0.2, -0.15) is 0 Å². The van der Waals surface area contributed by atoms with Crippen LogP contribution >= 0.6 is 0 Å². The van der Waals surface area contributed by atoms with Gasteiger partial charge in [-0.05, 0) is 30.6 Å². The van der Waals surface area contributed by atoms with Gasteiger partial charge in [0.1, 0.15) is 0 Å². The van der Waals surface area contributed by atoms with E-state index in [1.807, 2.05) is 0 Å². The summed E-state index contributed by atoms with van der Waals surface area (Å²) in [6.45, 7) is 8.18. The second-order valence-electron chi connectivity index (χ2n) is 6.63. The molecule has 112 valence electrons. The summed E-state index contributed by atoms with van der Waals surface area (Å²) in [5.74, 6) is 2.52. The topological polar surface area (TPSA) is 46.9 Å². The van der Waals surface area contributed by atoms with Gasteiger partial charge in [0, 0.05) is 25.5 Å². The van der Waals surface area contributed by atoms with Gasteiger partial charge < -0.3 is 9.88 Å². The molecule has 4 heteroatoms. The number of nitrogens with one attached hydrogen (secondary N) is 1. The molecular weight excluding hydrogens is 250 g/mol. The minimum absolute atomic E-state index is 0.00498. The lowest BCUT2D eigenvalue weighted by Crippen LogP contribution is -2.28. The van der Waals surface area contributed by atoms with Crippen molar-refractivity contribution in [2.45, 2.75) is 53.0 Å². The smallest absolute Gasteiger partial charge is 0.293 e. The lowest BCUT2D eigenvalue weighted by molar-refractivity contribution is 0.300. The lowest BCUT2D eigenvalue weighted by atomic mass is 9.83. The van der Waals surface area contributed by atoms with Crippen LogP contribution in [0.3, 0.4) is 0 Å². The monoisotopic (exact) mass is 277 g/mol. The Labute approximate surface area is 121 Å². The third-order valence-electron chi connectivity index (χ3n) is 4.17. The van der Waals surface area contributed by atoms with Gasteiger partial charge in [0.05, 0.1) is 0 Å². The lowest BCUT2D eigenvalue weighted by Gasteiger charge is -2.26. The molecule has 0 saturated heterocycles. The average molecular weight is 277 g/mol. The van der Waals surface area contributed by atoms with E-state index < -0.39 is 0 Å². The van der Waals surface area contributed by atoms with Crippen molar-refractivity contribution in [3.63, 3.8) is 0 Å². The summed E-state index contributed by atoms with van der Waals surface area (Å²) in [4.78, 5) is 16.5. The maximum atomic E-state index is 12.3. The zero-order valence-electron chi connectivity index (χ0n) is 12.9. The van der Waals surface area contributed by atoms with Gasteiger partial charge >= 0.3 is 0 Å². The fraction of sp³-hybridized carbons (Fsp3) is 0.750. The molecule has 20 heavy (non-hydrogen) atoms. The average Bonchev–Trinajstić information content (AvgIpc) is 2.41. The first-order valence-electron chi connectivity index (χ1n) is 7.85. The minimum atomic E-state index is 0.00498. The van der Waals surface area contributed by atoms with E-state index in [2.05, 4.69) is 31.1 Å². The van der Waals surface area contributed by atoms with Crippen molar-refractivity contribution in [2.24, 2.45) is 17.8 Å². The molecule has 4 nitrogen and oxygen atoms in total. The molecule has 0 atom stereocenters. The van der Waals surface area contributed by atoms with Crippen molar-refractivity contribution < 1.29 is 0 Å². The van der Waals surface area contributed by atoms with Gasteiger partial charge in [-0.1, -0.05) is 33.6 Å². The standard InChI is InChI=1S/C16H27N3O/c1-12(2)11-19-9-8-17-15(16(19)20)18-10-14-6-4-13(3)5-7-14/h8-9,12-14H,4-7,10-11H2,1-3H3,(H,17,18). The zero-order valence-corrected chi connectivity index (χ0v) is 12.9. The summed E-state index contributed by atoms with van der Waals surface area (Å²) in [5, 5.41) is 3.27. The highest BCUT2D eigenvalue weighted by Crippen LogP contribution is 2.28. The Morgan fingerprint density at radius 2 is 2.05 bits per heavy atom. The largest absolute Gasteiger partial charge is 0.365 e. The molecule has 0 amide bonds. The van der Waals surface area contributed by atoms with Crippen molar-refractivity contribution in [3.8, 4) is 0 Å². The highest BCUT2D eigenvalue weighted by molar-refractivity contribution is 5.30. The number of hydrogen-bond acceptors (Lipinski definition) is 3. The maximum Gasteiger partial charge on any atom is 0.293 e. The minimum Gasteiger partial charge on any atom is -0.365 e. The van der Waals surface area contributed by atoms with Gasteiger partial charge in [-0.3, -0.25) is 4.79 Å². The van der Waals surface area contributed by atoms with Crippen molar-refractivity contribution in [3.05, 3.63) is 22.7 Å². The van der Waals surface area contributed by atoms with Crippen LogP contribution in [0.2, 0.25) is 0 Å². The SMILES string of the molecule is CC(C)Cn1ccnc(NCC2CCC(C)CC2)c1=O. The van der Waals surface area contributed by atoms with E-state index in [-0.39, 0.29) is 5.56 Å². The van der Waals surface area contributed by atoms with Crippen molar-refractivity contribution in [1.29, 1.82) is 0 Å². The van der Waals surface area contributed by atoms with Crippen molar-refractivity contribution in [1.82, 2.24) is 9.55 Å². The number of hydrogen-bond donors (Lipinski definition) is 1.